The van der Waals surface area contributed by atoms with E-state index in [1.807, 2.05) is 18.2 Å². The van der Waals surface area contributed by atoms with Crippen LogP contribution in [0.5, 0.6) is 0 Å². The van der Waals surface area contributed by atoms with Gasteiger partial charge in [-0.3, -0.25) is 0 Å². The highest BCUT2D eigenvalue weighted by Crippen LogP contribution is 2.26. The monoisotopic (exact) mass is 226 g/mol. The lowest BCUT2D eigenvalue weighted by Gasteiger charge is -1.94. The molecule has 62 valence electrons. The van der Waals surface area contributed by atoms with E-state index in [4.69, 9.17) is 9.52 Å². The van der Waals surface area contributed by atoms with Crippen molar-refractivity contribution in [1.29, 1.82) is 0 Å². The van der Waals surface area contributed by atoms with Gasteiger partial charge in [0.25, 0.3) is 0 Å². The number of fused-ring (bicyclic) bond motifs is 1. The lowest BCUT2D eigenvalue weighted by Crippen LogP contribution is -1.80. The van der Waals surface area contributed by atoms with Gasteiger partial charge < -0.3 is 9.52 Å². The van der Waals surface area contributed by atoms with Crippen LogP contribution in [-0.4, -0.2) is 5.11 Å². The average Bonchev–Trinajstić information content (AvgIpc) is 2.47. The normalized spacial score (nSPS) is 10.8. The summed E-state index contributed by atoms with van der Waals surface area (Å²) in [7, 11) is 0. The Hall–Kier alpha value is -0.800. The number of aliphatic hydroxyl groups is 1. The molecule has 3 heteroatoms. The van der Waals surface area contributed by atoms with Crippen LogP contribution in [0.25, 0.3) is 11.0 Å². The van der Waals surface area contributed by atoms with Crippen LogP contribution in [0.2, 0.25) is 0 Å². The molecule has 2 aromatic rings. The molecule has 0 aliphatic carbocycles. The van der Waals surface area contributed by atoms with Crippen LogP contribution in [0.1, 0.15) is 5.56 Å². The van der Waals surface area contributed by atoms with Crippen LogP contribution in [0.3, 0.4) is 0 Å². The van der Waals surface area contributed by atoms with Gasteiger partial charge in [-0.1, -0.05) is 6.07 Å². The minimum Gasteiger partial charge on any atom is -0.463 e. The summed E-state index contributed by atoms with van der Waals surface area (Å²) in [6.45, 7) is 0.0499. The molecule has 0 radical (unpaired) electrons. The highest BCUT2D eigenvalue weighted by Gasteiger charge is 2.02. The van der Waals surface area contributed by atoms with Crippen molar-refractivity contribution < 1.29 is 9.52 Å². The summed E-state index contributed by atoms with van der Waals surface area (Å²) in [5.41, 5.74) is 1.66. The number of benzene rings is 1. The number of halogens is 1. The van der Waals surface area contributed by atoms with Crippen LogP contribution in [0, 0.1) is 0 Å². The van der Waals surface area contributed by atoms with E-state index in [0.717, 1.165) is 21.0 Å². The van der Waals surface area contributed by atoms with E-state index >= 15 is 0 Å². The molecule has 0 aliphatic heterocycles. The van der Waals surface area contributed by atoms with E-state index < -0.39 is 0 Å². The van der Waals surface area contributed by atoms with Gasteiger partial charge in [0.1, 0.15) is 11.8 Å². The summed E-state index contributed by atoms with van der Waals surface area (Å²) < 4.78 is 6.18. The predicted octanol–water partition coefficient (Wildman–Crippen LogP) is 2.69. The van der Waals surface area contributed by atoms with E-state index in [1.54, 1.807) is 6.26 Å². The van der Waals surface area contributed by atoms with Gasteiger partial charge in [0.15, 0.2) is 0 Å². The molecule has 0 saturated heterocycles. The Morgan fingerprint density at radius 2 is 2.25 bits per heavy atom. The summed E-state index contributed by atoms with van der Waals surface area (Å²) in [4.78, 5) is 0. The molecule has 2 nitrogen and oxygen atoms in total. The summed E-state index contributed by atoms with van der Waals surface area (Å²) in [6, 6.07) is 5.64. The zero-order valence-electron chi connectivity index (χ0n) is 6.25. The Bertz CT molecular complexity index is 406. The van der Waals surface area contributed by atoms with Crippen molar-refractivity contribution in [1.82, 2.24) is 0 Å². The fourth-order valence-corrected chi connectivity index (χ4v) is 1.56. The van der Waals surface area contributed by atoms with E-state index in [-0.39, 0.29) is 6.61 Å². The molecule has 12 heavy (non-hydrogen) atoms. The van der Waals surface area contributed by atoms with Gasteiger partial charge in [-0.2, -0.15) is 0 Å². The maximum Gasteiger partial charge on any atom is 0.135 e. The molecule has 0 bridgehead atoms. The van der Waals surface area contributed by atoms with Gasteiger partial charge in [-0.05, 0) is 33.6 Å². The number of hydrogen-bond donors (Lipinski definition) is 1. The molecule has 0 atom stereocenters. The zero-order chi connectivity index (χ0) is 8.55. The molecule has 1 aromatic carbocycles. The predicted molar refractivity (Wildman–Crippen MR) is 49.8 cm³/mol. The minimum atomic E-state index is 0.0499. The molecule has 1 aromatic heterocycles. The van der Waals surface area contributed by atoms with Gasteiger partial charge in [0.05, 0.1) is 11.1 Å². The van der Waals surface area contributed by atoms with Crippen molar-refractivity contribution in [3.05, 3.63) is 34.5 Å². The molecule has 0 amide bonds. The van der Waals surface area contributed by atoms with E-state index in [1.165, 1.54) is 0 Å². The number of furan rings is 1. The number of rotatable bonds is 1. The van der Waals surface area contributed by atoms with E-state index in [9.17, 15) is 0 Å². The minimum absolute atomic E-state index is 0.0499. The number of aliphatic hydroxyl groups excluding tert-OH is 1. The van der Waals surface area contributed by atoms with Crippen molar-refractivity contribution in [3.63, 3.8) is 0 Å². The lowest BCUT2D eigenvalue weighted by molar-refractivity contribution is 0.282. The number of hydrogen-bond acceptors (Lipinski definition) is 2. The summed E-state index contributed by atoms with van der Waals surface area (Å²) in [5.74, 6) is 0. The van der Waals surface area contributed by atoms with Gasteiger partial charge in [0, 0.05) is 5.39 Å². The topological polar surface area (TPSA) is 33.4 Å². The molecule has 0 fully saturated rings. The van der Waals surface area contributed by atoms with Crippen molar-refractivity contribution in [2.24, 2.45) is 0 Å². The molecule has 1 N–H and O–H groups in total. The average molecular weight is 227 g/mol. The van der Waals surface area contributed by atoms with Crippen LogP contribution in [-0.2, 0) is 6.61 Å². The first-order valence-electron chi connectivity index (χ1n) is 3.58. The largest absolute Gasteiger partial charge is 0.463 e. The van der Waals surface area contributed by atoms with Crippen LogP contribution < -0.4 is 0 Å². The third-order valence-corrected chi connectivity index (χ3v) is 2.39. The third-order valence-electron chi connectivity index (χ3n) is 1.78. The lowest BCUT2D eigenvalue weighted by atomic mass is 10.2. The van der Waals surface area contributed by atoms with Crippen LogP contribution >= 0.6 is 15.9 Å². The molecule has 0 spiro atoms. The van der Waals surface area contributed by atoms with Gasteiger partial charge >= 0.3 is 0 Å². The van der Waals surface area contributed by atoms with E-state index in [2.05, 4.69) is 15.9 Å². The molecule has 0 aliphatic rings. The SMILES string of the molecule is OCc1ccc2c(Br)coc2c1. The Kier molecular flexibility index (Phi) is 1.90. The smallest absolute Gasteiger partial charge is 0.135 e. The quantitative estimate of drug-likeness (QED) is 0.812. The first-order chi connectivity index (χ1) is 5.81. The maximum atomic E-state index is 8.85. The van der Waals surface area contributed by atoms with Crippen molar-refractivity contribution in [2.45, 2.75) is 6.61 Å². The van der Waals surface area contributed by atoms with Gasteiger partial charge in [-0.25, -0.2) is 0 Å². The highest BCUT2D eigenvalue weighted by molar-refractivity contribution is 9.10. The first-order valence-corrected chi connectivity index (χ1v) is 4.37. The van der Waals surface area contributed by atoms with Gasteiger partial charge in [0.2, 0.25) is 0 Å². The standard InChI is InChI=1S/C9H7BrO2/c10-8-5-12-9-3-6(4-11)1-2-7(8)9/h1-3,5,11H,4H2. The maximum absolute atomic E-state index is 8.85. The Labute approximate surface area is 77.9 Å². The second-order valence-electron chi connectivity index (χ2n) is 2.57. The third kappa shape index (κ3) is 1.15. The molecular weight excluding hydrogens is 220 g/mol. The van der Waals surface area contributed by atoms with Crippen LogP contribution in [0.4, 0.5) is 0 Å². The highest BCUT2D eigenvalue weighted by atomic mass is 79.9. The molecular formula is C9H7BrO2. The van der Waals surface area contributed by atoms with Crippen molar-refractivity contribution in [3.8, 4) is 0 Å². The van der Waals surface area contributed by atoms with Gasteiger partial charge in [-0.15, -0.1) is 0 Å². The Morgan fingerprint density at radius 3 is 3.00 bits per heavy atom. The fraction of sp³-hybridized carbons (Fsp3) is 0.111. The summed E-state index contributed by atoms with van der Waals surface area (Å²) >= 11 is 3.36. The van der Waals surface area contributed by atoms with Crippen molar-refractivity contribution >= 4 is 26.9 Å². The first kappa shape index (κ1) is 7.83. The molecule has 0 unspecified atom stereocenters. The second-order valence-corrected chi connectivity index (χ2v) is 3.43. The molecule has 2 rings (SSSR count). The zero-order valence-corrected chi connectivity index (χ0v) is 7.84. The summed E-state index contributed by atoms with van der Waals surface area (Å²) in [5, 5.41) is 9.88. The molecule has 1 heterocycles. The Balaban J connectivity index is 2.69. The van der Waals surface area contributed by atoms with E-state index in [0.29, 0.717) is 0 Å². The fourth-order valence-electron chi connectivity index (χ4n) is 1.14. The molecule has 0 saturated carbocycles. The van der Waals surface area contributed by atoms with Crippen LogP contribution in [0.15, 0.2) is 33.4 Å². The second kappa shape index (κ2) is 2.92. The van der Waals surface area contributed by atoms with Crippen molar-refractivity contribution in [2.75, 3.05) is 0 Å². The Morgan fingerprint density at radius 1 is 1.42 bits per heavy atom. The summed E-state index contributed by atoms with van der Waals surface area (Å²) in [6.07, 6.45) is 1.64.